The molecule has 0 saturated carbocycles. The van der Waals surface area contributed by atoms with Gasteiger partial charge in [0.05, 0.1) is 6.20 Å². The van der Waals surface area contributed by atoms with Crippen LogP contribution in [0.15, 0.2) is 12.4 Å². The molecule has 0 radical (unpaired) electrons. The Morgan fingerprint density at radius 3 is 3.08 bits per heavy atom. The zero-order chi connectivity index (χ0) is 8.81. The fraction of sp³-hybridized carbons (Fsp3) is 0.625. The summed E-state index contributed by atoms with van der Waals surface area (Å²) in [6, 6.07) is 0.382. The van der Waals surface area contributed by atoms with Crippen molar-refractivity contribution in [1.29, 1.82) is 0 Å². The third-order valence-corrected chi connectivity index (χ3v) is 1.87. The molecule has 0 amide bonds. The van der Waals surface area contributed by atoms with Crippen molar-refractivity contribution in [1.82, 2.24) is 15.5 Å². The first-order valence-electron chi connectivity index (χ1n) is 4.30. The summed E-state index contributed by atoms with van der Waals surface area (Å²) in [5.41, 5.74) is 6.60. The van der Waals surface area contributed by atoms with E-state index in [0.29, 0.717) is 12.6 Å². The van der Waals surface area contributed by atoms with E-state index in [0.717, 1.165) is 13.0 Å². The maximum Gasteiger partial charge on any atom is 0.0535 e. The SMILES string of the molecule is CCC(NCCN)c1cn[nH]c1. The van der Waals surface area contributed by atoms with Crippen molar-refractivity contribution >= 4 is 0 Å². The second-order valence-corrected chi connectivity index (χ2v) is 2.74. The normalized spacial score (nSPS) is 13.2. The van der Waals surface area contributed by atoms with Crippen molar-refractivity contribution in [3.63, 3.8) is 0 Å². The Balaban J connectivity index is 2.45. The average Bonchev–Trinajstić information content (AvgIpc) is 2.59. The van der Waals surface area contributed by atoms with Crippen LogP contribution in [0.4, 0.5) is 0 Å². The van der Waals surface area contributed by atoms with Crippen LogP contribution in [0.3, 0.4) is 0 Å². The quantitative estimate of drug-likeness (QED) is 0.596. The first-order chi connectivity index (χ1) is 5.88. The molecule has 12 heavy (non-hydrogen) atoms. The first-order valence-corrected chi connectivity index (χ1v) is 4.30. The minimum absolute atomic E-state index is 0.382. The zero-order valence-electron chi connectivity index (χ0n) is 7.38. The molecule has 1 aromatic rings. The Labute approximate surface area is 72.5 Å². The van der Waals surface area contributed by atoms with Crippen molar-refractivity contribution in [2.45, 2.75) is 19.4 Å². The summed E-state index contributed by atoms with van der Waals surface area (Å²) in [5, 5.41) is 10.0. The summed E-state index contributed by atoms with van der Waals surface area (Å²) in [7, 11) is 0. The van der Waals surface area contributed by atoms with E-state index in [4.69, 9.17) is 5.73 Å². The van der Waals surface area contributed by atoms with Crippen LogP contribution < -0.4 is 11.1 Å². The molecule has 4 nitrogen and oxygen atoms in total. The number of nitrogens with one attached hydrogen (secondary N) is 2. The van der Waals surface area contributed by atoms with Gasteiger partial charge in [-0.05, 0) is 6.42 Å². The molecule has 0 bridgehead atoms. The van der Waals surface area contributed by atoms with E-state index >= 15 is 0 Å². The lowest BCUT2D eigenvalue weighted by Crippen LogP contribution is -2.26. The third kappa shape index (κ3) is 2.32. The Morgan fingerprint density at radius 1 is 1.75 bits per heavy atom. The molecule has 68 valence electrons. The summed E-state index contributed by atoms with van der Waals surface area (Å²) in [5.74, 6) is 0. The van der Waals surface area contributed by atoms with E-state index < -0.39 is 0 Å². The molecule has 4 heteroatoms. The molecular weight excluding hydrogens is 152 g/mol. The van der Waals surface area contributed by atoms with E-state index in [1.165, 1.54) is 5.56 Å². The molecule has 0 aromatic carbocycles. The van der Waals surface area contributed by atoms with Gasteiger partial charge in [0, 0.05) is 30.9 Å². The number of hydrogen-bond donors (Lipinski definition) is 3. The fourth-order valence-corrected chi connectivity index (χ4v) is 1.21. The van der Waals surface area contributed by atoms with Gasteiger partial charge < -0.3 is 11.1 Å². The number of nitrogens with two attached hydrogens (primary N) is 1. The lowest BCUT2D eigenvalue weighted by Gasteiger charge is -2.13. The van der Waals surface area contributed by atoms with Crippen molar-refractivity contribution in [3.05, 3.63) is 18.0 Å². The first kappa shape index (κ1) is 9.22. The Kier molecular flexibility index (Phi) is 3.76. The molecule has 1 aromatic heterocycles. The van der Waals surface area contributed by atoms with Crippen LogP contribution in [0.5, 0.6) is 0 Å². The highest BCUT2D eigenvalue weighted by atomic mass is 15.1. The number of nitrogens with zero attached hydrogens (tertiary/aromatic N) is 1. The van der Waals surface area contributed by atoms with E-state index in [9.17, 15) is 0 Å². The standard InChI is InChI=1S/C8H16N4/c1-2-8(10-4-3-9)7-5-11-12-6-7/h5-6,8,10H,2-4,9H2,1H3,(H,11,12). The Bertz CT molecular complexity index is 195. The molecule has 1 unspecified atom stereocenters. The second kappa shape index (κ2) is 4.90. The number of aromatic amines is 1. The molecule has 0 saturated heterocycles. The number of rotatable bonds is 5. The topological polar surface area (TPSA) is 66.7 Å². The average molecular weight is 168 g/mol. The summed E-state index contributed by atoms with van der Waals surface area (Å²) < 4.78 is 0. The number of H-pyrrole nitrogens is 1. The molecule has 0 fully saturated rings. The van der Waals surface area contributed by atoms with Gasteiger partial charge in [-0.1, -0.05) is 6.92 Å². The number of aromatic nitrogens is 2. The second-order valence-electron chi connectivity index (χ2n) is 2.74. The minimum Gasteiger partial charge on any atom is -0.329 e. The van der Waals surface area contributed by atoms with Crippen LogP contribution in [0, 0.1) is 0 Å². The molecule has 1 heterocycles. The van der Waals surface area contributed by atoms with Crippen LogP contribution in [-0.2, 0) is 0 Å². The van der Waals surface area contributed by atoms with Crippen LogP contribution in [0.1, 0.15) is 24.9 Å². The highest BCUT2D eigenvalue weighted by molar-refractivity contribution is 5.08. The molecule has 0 aliphatic carbocycles. The molecule has 0 aliphatic heterocycles. The van der Waals surface area contributed by atoms with Crippen molar-refractivity contribution < 1.29 is 0 Å². The predicted octanol–water partition coefficient (Wildman–Crippen LogP) is 0.409. The van der Waals surface area contributed by atoms with Crippen LogP contribution in [0.25, 0.3) is 0 Å². The maximum absolute atomic E-state index is 5.40. The van der Waals surface area contributed by atoms with Gasteiger partial charge >= 0.3 is 0 Å². The monoisotopic (exact) mass is 168 g/mol. The summed E-state index contributed by atoms with van der Waals surface area (Å²) >= 11 is 0. The summed E-state index contributed by atoms with van der Waals surface area (Å²) in [4.78, 5) is 0. The van der Waals surface area contributed by atoms with Crippen LogP contribution in [-0.4, -0.2) is 23.3 Å². The summed E-state index contributed by atoms with van der Waals surface area (Å²) in [6.07, 6.45) is 4.81. The zero-order valence-corrected chi connectivity index (χ0v) is 7.38. The molecule has 4 N–H and O–H groups in total. The molecule has 0 spiro atoms. The van der Waals surface area contributed by atoms with Gasteiger partial charge in [0.25, 0.3) is 0 Å². The lowest BCUT2D eigenvalue weighted by molar-refractivity contribution is 0.527. The predicted molar refractivity (Wildman–Crippen MR) is 48.7 cm³/mol. The Morgan fingerprint density at radius 2 is 2.58 bits per heavy atom. The van der Waals surface area contributed by atoms with E-state index in [2.05, 4.69) is 22.4 Å². The molecular formula is C8H16N4. The molecule has 0 aliphatic rings. The number of hydrogen-bond acceptors (Lipinski definition) is 3. The third-order valence-electron chi connectivity index (χ3n) is 1.87. The van der Waals surface area contributed by atoms with Gasteiger partial charge in [-0.15, -0.1) is 0 Å². The van der Waals surface area contributed by atoms with Crippen LogP contribution >= 0.6 is 0 Å². The van der Waals surface area contributed by atoms with Crippen molar-refractivity contribution in [2.75, 3.05) is 13.1 Å². The van der Waals surface area contributed by atoms with E-state index in [1.807, 2.05) is 12.4 Å². The fourth-order valence-electron chi connectivity index (χ4n) is 1.21. The summed E-state index contributed by atoms with van der Waals surface area (Å²) in [6.45, 7) is 3.67. The highest BCUT2D eigenvalue weighted by Gasteiger charge is 2.07. The van der Waals surface area contributed by atoms with Gasteiger partial charge in [0.15, 0.2) is 0 Å². The minimum atomic E-state index is 0.382. The largest absolute Gasteiger partial charge is 0.329 e. The molecule has 1 atom stereocenters. The smallest absolute Gasteiger partial charge is 0.0535 e. The van der Waals surface area contributed by atoms with E-state index in [1.54, 1.807) is 0 Å². The maximum atomic E-state index is 5.40. The van der Waals surface area contributed by atoms with E-state index in [-0.39, 0.29) is 0 Å². The van der Waals surface area contributed by atoms with Gasteiger partial charge in [-0.3, -0.25) is 5.10 Å². The highest BCUT2D eigenvalue weighted by Crippen LogP contribution is 2.13. The van der Waals surface area contributed by atoms with Crippen LogP contribution in [0.2, 0.25) is 0 Å². The van der Waals surface area contributed by atoms with Gasteiger partial charge in [-0.2, -0.15) is 5.10 Å². The van der Waals surface area contributed by atoms with Crippen molar-refractivity contribution in [3.8, 4) is 0 Å². The van der Waals surface area contributed by atoms with Crippen molar-refractivity contribution in [2.24, 2.45) is 5.73 Å². The lowest BCUT2D eigenvalue weighted by atomic mass is 10.1. The molecule has 1 rings (SSSR count). The Hall–Kier alpha value is -0.870. The van der Waals surface area contributed by atoms with Gasteiger partial charge in [-0.25, -0.2) is 0 Å². The van der Waals surface area contributed by atoms with Gasteiger partial charge in [0.2, 0.25) is 0 Å². The van der Waals surface area contributed by atoms with Gasteiger partial charge in [0.1, 0.15) is 0 Å².